The molecule has 16 heteroatoms. The SMILES string of the molecule is O=P([O-])(O)C(O)(CNCC(O)COCCC[Si](O)(O)O)P(=O)([O-])O. The predicted molar refractivity (Wildman–Crippen MR) is 76.1 cm³/mol. The minimum atomic E-state index is -5.88. The van der Waals surface area contributed by atoms with Crippen LogP contribution in [-0.2, 0) is 13.9 Å². The third kappa shape index (κ3) is 8.56. The minimum absolute atomic E-state index is 0.0315. The molecule has 3 atom stereocenters. The molecule has 13 nitrogen and oxygen atoms in total. The maximum absolute atomic E-state index is 10.9. The van der Waals surface area contributed by atoms with Crippen molar-refractivity contribution in [2.24, 2.45) is 0 Å². The number of ether oxygens (including phenoxy) is 1. The Kier molecular flexibility index (Phi) is 9.35. The lowest BCUT2D eigenvalue weighted by atomic mass is 10.3. The van der Waals surface area contributed by atoms with E-state index < -0.39 is 48.3 Å². The summed E-state index contributed by atoms with van der Waals surface area (Å²) in [6.07, 6.45) is -1.17. The minimum Gasteiger partial charge on any atom is -0.776 e. The van der Waals surface area contributed by atoms with Gasteiger partial charge in [0.05, 0.1) is 12.7 Å². The zero-order valence-electron chi connectivity index (χ0n) is 12.4. The molecule has 0 amide bonds. The molecule has 0 heterocycles. The summed E-state index contributed by atoms with van der Waals surface area (Å²) >= 11 is 0. The predicted octanol–water partition coefficient (Wildman–Crippen LogP) is -5.00. The van der Waals surface area contributed by atoms with E-state index in [4.69, 9.17) is 28.9 Å². The molecule has 0 aromatic rings. The van der Waals surface area contributed by atoms with Crippen LogP contribution in [0.5, 0.6) is 0 Å². The molecule has 24 heavy (non-hydrogen) atoms. The highest BCUT2D eigenvalue weighted by Crippen LogP contribution is 2.62. The van der Waals surface area contributed by atoms with Gasteiger partial charge in [-0.1, -0.05) is 0 Å². The molecule has 0 rings (SSSR count). The van der Waals surface area contributed by atoms with Gasteiger partial charge in [-0.25, -0.2) is 0 Å². The summed E-state index contributed by atoms with van der Waals surface area (Å²) in [6.45, 7) is -2.10. The van der Waals surface area contributed by atoms with E-state index in [1.807, 2.05) is 5.32 Å². The van der Waals surface area contributed by atoms with Crippen LogP contribution in [0.1, 0.15) is 6.42 Å². The average Bonchev–Trinajstić information content (AvgIpc) is 2.34. The van der Waals surface area contributed by atoms with E-state index in [9.17, 15) is 29.1 Å². The monoisotopic (exact) mass is 413 g/mol. The summed E-state index contributed by atoms with van der Waals surface area (Å²) in [7, 11) is -15.9. The molecule has 0 aliphatic carbocycles. The van der Waals surface area contributed by atoms with Crippen LogP contribution in [0.4, 0.5) is 0 Å². The maximum Gasteiger partial charge on any atom is 0.492 e. The highest BCUT2D eigenvalue weighted by Gasteiger charge is 2.46. The lowest BCUT2D eigenvalue weighted by molar-refractivity contribution is -0.225. The van der Waals surface area contributed by atoms with Crippen molar-refractivity contribution in [3.8, 4) is 0 Å². The van der Waals surface area contributed by atoms with Gasteiger partial charge < -0.3 is 63.4 Å². The van der Waals surface area contributed by atoms with Crippen molar-refractivity contribution < 1.29 is 58.0 Å². The van der Waals surface area contributed by atoms with Crippen molar-refractivity contribution in [1.29, 1.82) is 0 Å². The Hall–Kier alpha value is 0.237. The molecule has 8 N–H and O–H groups in total. The molecule has 0 fully saturated rings. The number of aliphatic hydroxyl groups is 2. The summed E-state index contributed by atoms with van der Waals surface area (Å²) < 4.78 is 26.7. The van der Waals surface area contributed by atoms with E-state index in [0.717, 1.165) is 0 Å². The first kappa shape index (κ1) is 24.2. The van der Waals surface area contributed by atoms with Crippen LogP contribution in [0.2, 0.25) is 6.04 Å². The Morgan fingerprint density at radius 2 is 1.67 bits per heavy atom. The molecule has 0 radical (unpaired) electrons. The van der Waals surface area contributed by atoms with Crippen LogP contribution in [0, 0.1) is 0 Å². The fourth-order valence-corrected chi connectivity index (χ4v) is 3.98. The summed E-state index contributed by atoms with van der Waals surface area (Å²) in [4.78, 5) is 65.5. The summed E-state index contributed by atoms with van der Waals surface area (Å²) in [5.74, 6) is 0. The number of hydrogen-bond acceptors (Lipinski definition) is 11. The van der Waals surface area contributed by atoms with Gasteiger partial charge in [0.1, 0.15) is 0 Å². The Bertz CT molecular complexity index is 450. The normalized spacial score (nSPS) is 21.5. The molecule has 0 aliphatic rings. The average molecular weight is 413 g/mol. The Morgan fingerprint density at radius 1 is 1.17 bits per heavy atom. The van der Waals surface area contributed by atoms with E-state index in [0.29, 0.717) is 0 Å². The second-order valence-corrected chi connectivity index (χ2v) is 11.0. The van der Waals surface area contributed by atoms with Crippen LogP contribution in [0.15, 0.2) is 0 Å². The number of nitrogens with one attached hydrogen (secondary N) is 1. The Morgan fingerprint density at radius 3 is 2.08 bits per heavy atom. The van der Waals surface area contributed by atoms with Gasteiger partial charge in [0.15, 0.2) is 15.2 Å². The van der Waals surface area contributed by atoms with E-state index in [1.54, 1.807) is 0 Å². The van der Waals surface area contributed by atoms with E-state index >= 15 is 0 Å². The number of rotatable bonds is 12. The fraction of sp³-hybridized carbons (Fsp3) is 1.00. The molecular formula is C8H21NO12P2Si-2. The van der Waals surface area contributed by atoms with Crippen LogP contribution in [0.3, 0.4) is 0 Å². The first-order chi connectivity index (χ1) is 10.6. The van der Waals surface area contributed by atoms with Gasteiger partial charge in [0.2, 0.25) is 5.08 Å². The Balaban J connectivity index is 4.21. The first-order valence-corrected chi connectivity index (χ1v) is 11.7. The smallest absolute Gasteiger partial charge is 0.492 e. The molecule has 0 bridgehead atoms. The van der Waals surface area contributed by atoms with Crippen molar-refractivity contribution in [1.82, 2.24) is 5.32 Å². The maximum atomic E-state index is 10.9. The highest BCUT2D eigenvalue weighted by molar-refractivity contribution is 7.70. The van der Waals surface area contributed by atoms with Crippen molar-refractivity contribution in [3.63, 3.8) is 0 Å². The van der Waals surface area contributed by atoms with Crippen LogP contribution >= 0.6 is 15.2 Å². The quantitative estimate of drug-likeness (QED) is 0.0849. The third-order valence-electron chi connectivity index (χ3n) is 2.76. The van der Waals surface area contributed by atoms with Gasteiger partial charge in [0.25, 0.3) is 0 Å². The zero-order valence-corrected chi connectivity index (χ0v) is 15.2. The van der Waals surface area contributed by atoms with Crippen molar-refractivity contribution in [2.45, 2.75) is 23.7 Å². The molecule has 0 saturated carbocycles. The van der Waals surface area contributed by atoms with Crippen LogP contribution in [-0.4, -0.2) is 80.7 Å². The molecule has 0 aromatic heterocycles. The molecule has 146 valence electrons. The van der Waals surface area contributed by atoms with Gasteiger partial charge in [-0.2, -0.15) is 0 Å². The molecular weight excluding hydrogens is 392 g/mol. The van der Waals surface area contributed by atoms with Crippen molar-refractivity contribution >= 4 is 24.0 Å². The van der Waals surface area contributed by atoms with E-state index in [-0.39, 0.29) is 25.7 Å². The zero-order chi connectivity index (χ0) is 19.2. The second kappa shape index (κ2) is 9.25. The first-order valence-electron chi connectivity index (χ1n) is 6.54. The largest absolute Gasteiger partial charge is 0.776 e. The molecule has 0 saturated heterocycles. The molecule has 3 unspecified atom stereocenters. The summed E-state index contributed by atoms with van der Waals surface area (Å²) in [5, 5.41) is 17.1. The topological polar surface area (TPSA) is 243 Å². The highest BCUT2D eigenvalue weighted by atomic mass is 31.2. The fourth-order valence-electron chi connectivity index (χ4n) is 1.46. The van der Waals surface area contributed by atoms with E-state index in [1.165, 1.54) is 0 Å². The second-order valence-electron chi connectivity index (χ2n) is 5.05. The Labute approximate surface area is 138 Å². The van der Waals surface area contributed by atoms with Gasteiger partial charge in [-0.15, -0.1) is 0 Å². The van der Waals surface area contributed by atoms with Gasteiger partial charge >= 0.3 is 8.80 Å². The number of hydrogen-bond donors (Lipinski definition) is 8. The lowest BCUT2D eigenvalue weighted by Crippen LogP contribution is -2.47. The van der Waals surface area contributed by atoms with Gasteiger partial charge in [-0.3, -0.25) is 0 Å². The molecule has 0 aliphatic heterocycles. The lowest BCUT2D eigenvalue weighted by Gasteiger charge is -2.42. The van der Waals surface area contributed by atoms with Gasteiger partial charge in [-0.05, 0) is 6.42 Å². The number of aliphatic hydroxyl groups excluding tert-OH is 1. The van der Waals surface area contributed by atoms with Crippen molar-refractivity contribution in [3.05, 3.63) is 0 Å². The van der Waals surface area contributed by atoms with Crippen LogP contribution < -0.4 is 15.1 Å². The molecule has 0 spiro atoms. The van der Waals surface area contributed by atoms with Crippen molar-refractivity contribution in [2.75, 3.05) is 26.3 Å². The standard InChI is InChI=1S/C8H23NO12P2Si/c10-7(5-21-2-1-3-24(18,19)20)4-9-6-8(11,22(12,13)14)23(15,16)17/h7,9-11,18-20H,1-6H2,(H2,12,13,14)(H2,15,16,17)/p-2. The van der Waals surface area contributed by atoms with Crippen LogP contribution in [0.25, 0.3) is 0 Å². The molecule has 0 aromatic carbocycles. The summed E-state index contributed by atoms with van der Waals surface area (Å²) in [5.41, 5.74) is 0. The third-order valence-corrected chi connectivity index (χ3v) is 7.43. The van der Waals surface area contributed by atoms with E-state index in [2.05, 4.69) is 0 Å². The summed E-state index contributed by atoms with van der Waals surface area (Å²) in [6, 6.07) is -0.265. The van der Waals surface area contributed by atoms with Gasteiger partial charge in [0, 0.05) is 25.7 Å².